The summed E-state index contributed by atoms with van der Waals surface area (Å²) in [6.45, 7) is -2.22. The summed E-state index contributed by atoms with van der Waals surface area (Å²) >= 11 is 0. The number of likely N-dealkylation sites (N-methyl/N-ethyl adjacent to an activating group) is 1. The highest BCUT2D eigenvalue weighted by molar-refractivity contribution is 5.89. The van der Waals surface area contributed by atoms with Crippen molar-refractivity contribution in [1.29, 1.82) is 0 Å². The molecule has 0 aromatic heterocycles. The maximum atomic E-state index is 12.9. The molecule has 0 saturated carbocycles. The molecular weight excluding hydrogens is 327 g/mol. The van der Waals surface area contributed by atoms with E-state index in [1.165, 1.54) is 14.0 Å². The number of halogens is 5. The highest BCUT2D eigenvalue weighted by atomic mass is 19.4. The topological polar surface area (TPSA) is 61.8 Å². The van der Waals surface area contributed by atoms with E-state index in [-0.39, 0.29) is 12.3 Å². The van der Waals surface area contributed by atoms with Gasteiger partial charge in [0.25, 0.3) is 0 Å². The van der Waals surface area contributed by atoms with Crippen molar-refractivity contribution in [3.8, 4) is 5.75 Å². The Hall–Kier alpha value is -2.10. The van der Waals surface area contributed by atoms with Crippen LogP contribution in [0.4, 0.5) is 32.4 Å². The van der Waals surface area contributed by atoms with Gasteiger partial charge in [0.15, 0.2) is 0 Å². The molecule has 1 atom stereocenters. The number of rotatable bonds is 5. The van der Waals surface area contributed by atoms with Crippen LogP contribution in [0.3, 0.4) is 0 Å². The van der Waals surface area contributed by atoms with E-state index in [1.54, 1.807) is 0 Å². The molecule has 0 bridgehead atoms. The van der Waals surface area contributed by atoms with Gasteiger partial charge in [-0.25, -0.2) is 4.79 Å². The zero-order valence-corrected chi connectivity index (χ0v) is 12.2. The van der Waals surface area contributed by atoms with E-state index in [0.29, 0.717) is 12.1 Å². The first-order chi connectivity index (χ1) is 10.6. The first-order valence-electron chi connectivity index (χ1n) is 6.37. The molecule has 0 aliphatic carbocycles. The van der Waals surface area contributed by atoms with Gasteiger partial charge in [-0.1, -0.05) is 0 Å². The number of alkyl halides is 5. The van der Waals surface area contributed by atoms with Crippen LogP contribution in [0, 0.1) is 0 Å². The van der Waals surface area contributed by atoms with Gasteiger partial charge < -0.3 is 20.1 Å². The molecule has 0 aliphatic heterocycles. The van der Waals surface area contributed by atoms with Crippen LogP contribution in [0.1, 0.15) is 12.5 Å². The van der Waals surface area contributed by atoms with Crippen LogP contribution < -0.4 is 10.1 Å². The third-order valence-corrected chi connectivity index (χ3v) is 3.00. The summed E-state index contributed by atoms with van der Waals surface area (Å²) in [6.07, 6.45) is -4.94. The van der Waals surface area contributed by atoms with Crippen LogP contribution >= 0.6 is 0 Å². The summed E-state index contributed by atoms with van der Waals surface area (Å²) in [4.78, 5) is 12.9. The van der Waals surface area contributed by atoms with Gasteiger partial charge in [-0.05, 0) is 25.1 Å². The van der Waals surface area contributed by atoms with E-state index in [1.807, 2.05) is 0 Å². The van der Waals surface area contributed by atoms with Crippen LogP contribution in [0.15, 0.2) is 18.2 Å². The summed E-state index contributed by atoms with van der Waals surface area (Å²) in [7, 11) is 1.34. The summed E-state index contributed by atoms with van der Waals surface area (Å²) in [5.41, 5.74) is -1.69. The van der Waals surface area contributed by atoms with E-state index in [2.05, 4.69) is 10.1 Å². The van der Waals surface area contributed by atoms with Crippen molar-refractivity contribution >= 4 is 11.7 Å². The highest BCUT2D eigenvalue weighted by Gasteiger charge is 2.35. The molecule has 0 heterocycles. The number of ether oxygens (including phenoxy) is 1. The largest absolute Gasteiger partial charge is 0.434 e. The van der Waals surface area contributed by atoms with Crippen LogP contribution in [0.5, 0.6) is 5.75 Å². The first-order valence-corrected chi connectivity index (χ1v) is 6.37. The van der Waals surface area contributed by atoms with Gasteiger partial charge in [-0.3, -0.25) is 0 Å². The third-order valence-electron chi connectivity index (χ3n) is 3.00. The Balaban J connectivity index is 3.04. The number of amides is 2. The van der Waals surface area contributed by atoms with Gasteiger partial charge in [0.1, 0.15) is 5.75 Å². The van der Waals surface area contributed by atoms with Gasteiger partial charge in [0, 0.05) is 12.7 Å². The Kier molecular flexibility index (Phi) is 6.13. The molecule has 0 unspecified atom stereocenters. The number of carbonyl (C=O) groups excluding carboxylic acids is 1. The third kappa shape index (κ3) is 5.23. The molecule has 0 spiro atoms. The van der Waals surface area contributed by atoms with Crippen molar-refractivity contribution < 1.29 is 36.6 Å². The second-order valence-electron chi connectivity index (χ2n) is 4.66. The Morgan fingerprint density at radius 2 is 2.00 bits per heavy atom. The van der Waals surface area contributed by atoms with Gasteiger partial charge in [-0.15, -0.1) is 0 Å². The maximum Gasteiger partial charge on any atom is 0.420 e. The molecular formula is C13H15F5N2O3. The van der Waals surface area contributed by atoms with Crippen LogP contribution in [-0.4, -0.2) is 42.3 Å². The van der Waals surface area contributed by atoms with Gasteiger partial charge in [0.05, 0.1) is 18.2 Å². The van der Waals surface area contributed by atoms with E-state index in [9.17, 15) is 26.7 Å². The van der Waals surface area contributed by atoms with Crippen molar-refractivity contribution in [2.75, 3.05) is 19.0 Å². The van der Waals surface area contributed by atoms with Gasteiger partial charge in [-0.2, -0.15) is 22.0 Å². The molecule has 5 nitrogen and oxygen atoms in total. The fourth-order valence-corrected chi connectivity index (χ4v) is 1.56. The minimum absolute atomic E-state index is 0.249. The van der Waals surface area contributed by atoms with E-state index in [4.69, 9.17) is 5.11 Å². The Morgan fingerprint density at radius 3 is 2.48 bits per heavy atom. The Bertz CT molecular complexity index is 551. The van der Waals surface area contributed by atoms with Gasteiger partial charge >= 0.3 is 18.8 Å². The molecule has 2 N–H and O–H groups in total. The summed E-state index contributed by atoms with van der Waals surface area (Å²) in [6, 6.07) is 0.871. The lowest BCUT2D eigenvalue weighted by Crippen LogP contribution is -2.40. The number of benzene rings is 1. The number of nitrogens with one attached hydrogen (secondary N) is 1. The number of anilines is 1. The van der Waals surface area contributed by atoms with Crippen molar-refractivity contribution in [3.05, 3.63) is 23.8 Å². The lowest BCUT2D eigenvalue weighted by Gasteiger charge is -2.23. The van der Waals surface area contributed by atoms with Gasteiger partial charge in [0.2, 0.25) is 0 Å². The molecule has 0 aliphatic rings. The fourth-order valence-electron chi connectivity index (χ4n) is 1.56. The minimum Gasteiger partial charge on any atom is -0.434 e. The van der Waals surface area contributed by atoms with Crippen LogP contribution in [0.2, 0.25) is 0 Å². The molecule has 0 saturated heterocycles. The smallest absolute Gasteiger partial charge is 0.420 e. The lowest BCUT2D eigenvalue weighted by molar-refractivity contribution is -0.141. The zero-order chi connectivity index (χ0) is 17.8. The minimum atomic E-state index is -4.94. The molecule has 0 radical (unpaired) electrons. The summed E-state index contributed by atoms with van der Waals surface area (Å²) in [5, 5.41) is 11.1. The Morgan fingerprint density at radius 1 is 1.39 bits per heavy atom. The predicted molar refractivity (Wildman–Crippen MR) is 71.4 cm³/mol. The SMILES string of the molecule is C[C@@H](CO)N(C)C(=O)Nc1ccc(OC(F)F)c(C(F)(F)F)c1. The quantitative estimate of drug-likeness (QED) is 0.808. The standard InChI is InChI=1S/C13H15F5N2O3/c1-7(6-21)20(2)12(22)19-8-3-4-10(23-11(14)15)9(5-8)13(16,17)18/h3-5,7,11,21H,6H2,1-2H3,(H,19,22)/t7-/m0/s1. The first kappa shape index (κ1) is 18.9. The second-order valence-corrected chi connectivity index (χ2v) is 4.66. The summed E-state index contributed by atoms with van der Waals surface area (Å²) < 4.78 is 66.7. The van der Waals surface area contributed by atoms with E-state index < -0.39 is 36.2 Å². The molecule has 130 valence electrons. The number of aliphatic hydroxyl groups excluding tert-OH is 1. The van der Waals surface area contributed by atoms with Crippen molar-refractivity contribution in [2.24, 2.45) is 0 Å². The lowest BCUT2D eigenvalue weighted by atomic mass is 10.1. The molecule has 1 aromatic carbocycles. The molecule has 0 fully saturated rings. The maximum absolute atomic E-state index is 12.9. The molecule has 2 amide bonds. The molecule has 23 heavy (non-hydrogen) atoms. The number of aliphatic hydroxyl groups is 1. The number of carbonyl (C=O) groups is 1. The average molecular weight is 342 g/mol. The molecule has 1 aromatic rings. The number of hydrogen-bond acceptors (Lipinski definition) is 3. The van der Waals surface area contributed by atoms with Crippen LogP contribution in [-0.2, 0) is 6.18 Å². The number of urea groups is 1. The molecule has 10 heteroatoms. The summed E-state index contributed by atoms with van der Waals surface area (Å²) in [5.74, 6) is -1.04. The Labute approximate surface area is 128 Å². The monoisotopic (exact) mass is 342 g/mol. The second kappa shape index (κ2) is 7.44. The number of nitrogens with zero attached hydrogens (tertiary/aromatic N) is 1. The van der Waals surface area contributed by atoms with E-state index >= 15 is 0 Å². The predicted octanol–water partition coefficient (Wildman–Crippen LogP) is 3.15. The number of hydrogen-bond donors (Lipinski definition) is 2. The normalized spacial score (nSPS) is 12.9. The van der Waals surface area contributed by atoms with Crippen molar-refractivity contribution in [1.82, 2.24) is 4.90 Å². The fraction of sp³-hybridized carbons (Fsp3) is 0.462. The van der Waals surface area contributed by atoms with E-state index in [0.717, 1.165) is 11.0 Å². The molecule has 1 rings (SSSR count). The highest BCUT2D eigenvalue weighted by Crippen LogP contribution is 2.38. The van der Waals surface area contributed by atoms with Crippen molar-refractivity contribution in [3.63, 3.8) is 0 Å². The van der Waals surface area contributed by atoms with Crippen LogP contribution in [0.25, 0.3) is 0 Å². The zero-order valence-electron chi connectivity index (χ0n) is 12.2. The van der Waals surface area contributed by atoms with Crippen molar-refractivity contribution in [2.45, 2.75) is 25.8 Å². The average Bonchev–Trinajstić information content (AvgIpc) is 2.45.